The first-order valence-electron chi connectivity index (χ1n) is 16.7. The minimum Gasteiger partial charge on any atom is -0.497 e. The average molecular weight is 693 g/mol. The summed E-state index contributed by atoms with van der Waals surface area (Å²) < 4.78 is 18.1. The molecule has 13 heteroatoms. The van der Waals surface area contributed by atoms with Gasteiger partial charge < -0.3 is 35.1 Å². The number of hydrogen-bond acceptors (Lipinski definition) is 8. The molecule has 0 aliphatic carbocycles. The molecule has 13 nitrogen and oxygen atoms in total. The Morgan fingerprint density at radius 2 is 1.62 bits per heavy atom. The minimum atomic E-state index is -1.39. The lowest BCUT2D eigenvalue weighted by molar-refractivity contribution is -0.131. The van der Waals surface area contributed by atoms with Gasteiger partial charge in [-0.3, -0.25) is 19.1 Å². The predicted octanol–water partition coefficient (Wildman–Crippen LogP) is 4.88. The van der Waals surface area contributed by atoms with Crippen molar-refractivity contribution in [2.45, 2.75) is 90.1 Å². The molecule has 2 atom stereocenters. The Balaban J connectivity index is 1.61. The lowest BCUT2D eigenvalue weighted by atomic mass is 9.92. The van der Waals surface area contributed by atoms with Gasteiger partial charge in [-0.15, -0.1) is 0 Å². The van der Waals surface area contributed by atoms with Crippen LogP contribution in [-0.2, 0) is 37.0 Å². The van der Waals surface area contributed by atoms with Crippen LogP contribution in [0.25, 0.3) is 0 Å². The molecule has 50 heavy (non-hydrogen) atoms. The van der Waals surface area contributed by atoms with Crippen LogP contribution in [0, 0.1) is 0 Å². The SMILES string of the molecule is COc1ccc(C(CCCCn2cc(NC(=O)[C@@H](COCc3ccccc3)NC(=O)C(C)(C)NC(=O)OC(C)(C)C)cn2)C(=O)N(C)C)cc1. The number of unbranched alkanes of at least 4 members (excludes halogenated alkanes) is 1. The fraction of sp³-hybridized carbons (Fsp3) is 0.486. The summed E-state index contributed by atoms with van der Waals surface area (Å²) in [7, 11) is 5.12. The van der Waals surface area contributed by atoms with Crippen molar-refractivity contribution in [3.05, 3.63) is 78.1 Å². The van der Waals surface area contributed by atoms with Crippen molar-refractivity contribution in [1.82, 2.24) is 25.3 Å². The summed E-state index contributed by atoms with van der Waals surface area (Å²) in [6, 6.07) is 15.9. The molecule has 0 radical (unpaired) electrons. The molecule has 0 fully saturated rings. The number of nitrogens with one attached hydrogen (secondary N) is 3. The van der Waals surface area contributed by atoms with Gasteiger partial charge >= 0.3 is 6.09 Å². The van der Waals surface area contributed by atoms with E-state index in [9.17, 15) is 19.2 Å². The summed E-state index contributed by atoms with van der Waals surface area (Å²) in [5, 5.41) is 12.5. The Morgan fingerprint density at radius 3 is 2.24 bits per heavy atom. The Bertz CT molecular complexity index is 1550. The van der Waals surface area contributed by atoms with Crippen LogP contribution in [0.1, 0.15) is 70.9 Å². The molecule has 1 aromatic heterocycles. The van der Waals surface area contributed by atoms with Crippen molar-refractivity contribution in [3.63, 3.8) is 0 Å². The van der Waals surface area contributed by atoms with E-state index < -0.39 is 35.1 Å². The number of alkyl carbamates (subject to hydrolysis) is 1. The number of aryl methyl sites for hydroxylation is 1. The van der Waals surface area contributed by atoms with Crippen LogP contribution in [0.5, 0.6) is 5.75 Å². The smallest absolute Gasteiger partial charge is 0.408 e. The van der Waals surface area contributed by atoms with Crippen molar-refractivity contribution in [1.29, 1.82) is 0 Å². The van der Waals surface area contributed by atoms with Crippen molar-refractivity contribution in [3.8, 4) is 5.75 Å². The zero-order chi connectivity index (χ0) is 36.9. The maximum Gasteiger partial charge on any atom is 0.408 e. The Labute approximate surface area is 295 Å². The van der Waals surface area contributed by atoms with Gasteiger partial charge in [-0.2, -0.15) is 5.10 Å². The van der Waals surface area contributed by atoms with Gasteiger partial charge in [0.05, 0.1) is 38.1 Å². The number of likely N-dealkylation sites (N-methyl/N-ethyl adjacent to an activating group) is 1. The van der Waals surface area contributed by atoms with E-state index in [4.69, 9.17) is 14.2 Å². The molecule has 3 rings (SSSR count). The van der Waals surface area contributed by atoms with Gasteiger partial charge in [0, 0.05) is 26.8 Å². The molecular weight excluding hydrogens is 640 g/mol. The number of ether oxygens (including phenoxy) is 3. The second kappa shape index (κ2) is 18.2. The normalized spacial score (nSPS) is 12.7. The van der Waals surface area contributed by atoms with E-state index in [1.165, 1.54) is 20.0 Å². The highest BCUT2D eigenvalue weighted by atomic mass is 16.6. The zero-order valence-electron chi connectivity index (χ0n) is 30.4. The first-order chi connectivity index (χ1) is 23.6. The summed E-state index contributed by atoms with van der Waals surface area (Å²) in [4.78, 5) is 53.7. The molecule has 3 aromatic rings. The largest absolute Gasteiger partial charge is 0.497 e. The molecule has 4 amide bonds. The Hall–Kier alpha value is -4.91. The van der Waals surface area contributed by atoms with Crippen molar-refractivity contribution >= 4 is 29.5 Å². The van der Waals surface area contributed by atoms with Crippen LogP contribution in [-0.4, -0.2) is 83.5 Å². The van der Waals surface area contributed by atoms with E-state index in [2.05, 4.69) is 21.0 Å². The van der Waals surface area contributed by atoms with Crippen LogP contribution in [0.2, 0.25) is 0 Å². The number of nitrogens with zero attached hydrogens (tertiary/aromatic N) is 3. The topological polar surface area (TPSA) is 153 Å². The number of carbonyl (C=O) groups excluding carboxylic acids is 4. The van der Waals surface area contributed by atoms with Gasteiger partial charge in [-0.25, -0.2) is 4.79 Å². The second-order valence-corrected chi connectivity index (χ2v) is 13.8. The van der Waals surface area contributed by atoms with Crippen molar-refractivity contribution in [2.75, 3.05) is 33.1 Å². The first-order valence-corrected chi connectivity index (χ1v) is 16.7. The third-order valence-electron chi connectivity index (χ3n) is 7.69. The summed E-state index contributed by atoms with van der Waals surface area (Å²) >= 11 is 0. The maximum atomic E-state index is 13.5. The standard InChI is InChI=1S/C37H52N6O7/c1-36(2,3)50-35(47)41-37(4,5)34(46)40-31(25-49-24-26-14-10-9-11-15-26)32(44)39-28-22-38-43(23-28)21-13-12-16-30(33(45)42(6)7)27-17-19-29(48-8)20-18-27/h9-11,14-15,17-20,22-23,30-31H,12-13,16,21,24-25H2,1-8H3,(H,39,44)(H,40,46)(H,41,47)/t30?,31-/m1/s1. The molecule has 1 unspecified atom stereocenters. The van der Waals surface area contributed by atoms with E-state index in [1.54, 1.807) is 57.8 Å². The highest BCUT2D eigenvalue weighted by molar-refractivity contribution is 5.99. The van der Waals surface area contributed by atoms with Crippen LogP contribution in [0.4, 0.5) is 10.5 Å². The average Bonchev–Trinajstić information content (AvgIpc) is 3.50. The number of hydrogen-bond donors (Lipinski definition) is 3. The van der Waals surface area contributed by atoms with Crippen molar-refractivity contribution < 1.29 is 33.4 Å². The summed E-state index contributed by atoms with van der Waals surface area (Å²) in [6.45, 7) is 8.89. The van der Waals surface area contributed by atoms with E-state index in [1.807, 2.05) is 54.6 Å². The number of anilines is 1. The molecule has 3 N–H and O–H groups in total. The quantitative estimate of drug-likeness (QED) is 0.169. The van der Waals surface area contributed by atoms with E-state index in [0.29, 0.717) is 18.7 Å². The fourth-order valence-corrected chi connectivity index (χ4v) is 4.99. The van der Waals surface area contributed by atoms with Gasteiger partial charge in [-0.1, -0.05) is 48.9 Å². The van der Waals surface area contributed by atoms with Gasteiger partial charge in [-0.05, 0) is 70.7 Å². The lowest BCUT2D eigenvalue weighted by Gasteiger charge is -2.29. The van der Waals surface area contributed by atoms with Crippen molar-refractivity contribution in [2.24, 2.45) is 0 Å². The Kier molecular flexibility index (Phi) is 14.4. The molecule has 272 valence electrons. The number of benzene rings is 2. The van der Waals surface area contributed by atoms with Crippen LogP contribution < -0.4 is 20.7 Å². The third-order valence-corrected chi connectivity index (χ3v) is 7.69. The fourth-order valence-electron chi connectivity index (χ4n) is 4.99. The highest BCUT2D eigenvalue weighted by Gasteiger charge is 2.34. The van der Waals surface area contributed by atoms with Gasteiger partial charge in [0.25, 0.3) is 0 Å². The molecule has 0 saturated carbocycles. The van der Waals surface area contributed by atoms with E-state index >= 15 is 0 Å². The Morgan fingerprint density at radius 1 is 0.940 bits per heavy atom. The number of methoxy groups -OCH3 is 1. The summed E-state index contributed by atoms with van der Waals surface area (Å²) in [5.41, 5.74) is 0.149. The first kappa shape index (κ1) is 39.5. The molecule has 0 saturated heterocycles. The van der Waals surface area contributed by atoms with Gasteiger partial charge in [0.1, 0.15) is 22.9 Å². The van der Waals surface area contributed by atoms with Crippen LogP contribution >= 0.6 is 0 Å². The zero-order valence-corrected chi connectivity index (χ0v) is 30.4. The number of rotatable bonds is 17. The molecule has 2 aromatic carbocycles. The lowest BCUT2D eigenvalue weighted by Crippen LogP contribution is -2.59. The molecular formula is C37H52N6O7. The van der Waals surface area contributed by atoms with Crippen LogP contribution in [0.3, 0.4) is 0 Å². The molecule has 1 heterocycles. The van der Waals surface area contributed by atoms with Gasteiger partial charge in [0.15, 0.2) is 0 Å². The third kappa shape index (κ3) is 12.8. The van der Waals surface area contributed by atoms with Crippen LogP contribution in [0.15, 0.2) is 67.0 Å². The maximum absolute atomic E-state index is 13.5. The number of amides is 4. The second-order valence-electron chi connectivity index (χ2n) is 13.8. The summed E-state index contributed by atoms with van der Waals surface area (Å²) in [5.74, 6) is -0.604. The summed E-state index contributed by atoms with van der Waals surface area (Å²) in [6.07, 6.45) is 4.68. The molecule has 0 spiro atoms. The molecule has 0 aliphatic rings. The minimum absolute atomic E-state index is 0.0395. The molecule has 0 aliphatic heterocycles. The monoisotopic (exact) mass is 692 g/mol. The van der Waals surface area contributed by atoms with Gasteiger partial charge in [0.2, 0.25) is 17.7 Å². The number of aromatic nitrogens is 2. The number of carbonyl (C=O) groups is 4. The highest BCUT2D eigenvalue weighted by Crippen LogP contribution is 2.26. The molecule has 0 bridgehead atoms. The van der Waals surface area contributed by atoms with E-state index in [0.717, 1.165) is 29.7 Å². The predicted molar refractivity (Wildman–Crippen MR) is 191 cm³/mol. The van der Waals surface area contributed by atoms with E-state index in [-0.39, 0.29) is 25.0 Å².